The molecule has 0 atom stereocenters. The van der Waals surface area contributed by atoms with Crippen LogP contribution in [0.3, 0.4) is 0 Å². The first kappa shape index (κ1) is 33.1. The molecule has 0 unspecified atom stereocenters. The summed E-state index contributed by atoms with van der Waals surface area (Å²) in [5.41, 5.74) is 0.259. The van der Waals surface area contributed by atoms with Crippen LogP contribution in [-0.2, 0) is 11.3 Å². The summed E-state index contributed by atoms with van der Waals surface area (Å²) in [5, 5.41) is 12.5. The molecule has 2 N–H and O–H groups in total. The number of fused-ring (bicyclic) bond motifs is 1. The molecule has 12 heteroatoms. The van der Waals surface area contributed by atoms with E-state index in [0.717, 1.165) is 31.7 Å². The van der Waals surface area contributed by atoms with Crippen molar-refractivity contribution in [1.82, 2.24) is 14.8 Å². The highest BCUT2D eigenvalue weighted by Gasteiger charge is 2.29. The number of unbranched alkanes of at least 4 members (excludes halogenated alkanes) is 4. The number of amides is 2. The Morgan fingerprint density at radius 2 is 1.80 bits per heavy atom. The predicted octanol–water partition coefficient (Wildman–Crippen LogP) is 0.514. The Bertz CT molecular complexity index is 1580. The average Bonchev–Trinajstić information content (AvgIpc) is 3.84. The molecule has 2 aliphatic rings. The molecular weight excluding hydrogens is 633 g/mol. The number of piperazine rings is 1. The van der Waals surface area contributed by atoms with Crippen molar-refractivity contribution in [3.8, 4) is 0 Å². The summed E-state index contributed by atoms with van der Waals surface area (Å²) in [4.78, 5) is 53.7. The lowest BCUT2D eigenvalue weighted by molar-refractivity contribution is -0.684. The van der Waals surface area contributed by atoms with Crippen molar-refractivity contribution < 1.29 is 45.4 Å². The molecule has 3 heterocycles. The molecule has 1 aliphatic carbocycles. The van der Waals surface area contributed by atoms with Gasteiger partial charge in [-0.05, 0) is 37.5 Å². The minimum atomic E-state index is -1.33. The third-order valence-corrected chi connectivity index (χ3v) is 8.21. The number of rotatable bonds is 12. The highest BCUT2D eigenvalue weighted by molar-refractivity contribution is 5.94. The third-order valence-electron chi connectivity index (χ3n) is 8.21. The van der Waals surface area contributed by atoms with Crippen LogP contribution in [0.15, 0.2) is 47.7 Å². The summed E-state index contributed by atoms with van der Waals surface area (Å²) in [6.45, 7) is 4.47. The number of nitrogens with zero attached hydrogens (tertiary/aromatic N) is 4. The molecule has 236 valence electrons. The number of carbonyl (C=O) groups excluding carboxylic acids is 2. The van der Waals surface area contributed by atoms with Gasteiger partial charge in [0.15, 0.2) is 12.4 Å². The highest BCUT2D eigenvalue weighted by atomic mass is 79.9. The molecule has 1 saturated heterocycles. The van der Waals surface area contributed by atoms with Crippen LogP contribution in [0, 0.1) is 5.82 Å². The molecular formula is C32H39BrFN5O5. The molecule has 2 aromatic heterocycles. The zero-order chi connectivity index (χ0) is 30.5. The van der Waals surface area contributed by atoms with E-state index in [9.17, 15) is 24.3 Å². The minimum Gasteiger partial charge on any atom is -1.00 e. The van der Waals surface area contributed by atoms with Crippen LogP contribution in [0.25, 0.3) is 10.9 Å². The highest BCUT2D eigenvalue weighted by Crippen LogP contribution is 2.38. The maximum absolute atomic E-state index is 15.3. The summed E-state index contributed by atoms with van der Waals surface area (Å²) in [7, 11) is 0. The fraction of sp³-hybridized carbons (Fsp3) is 0.469. The molecule has 2 fully saturated rings. The van der Waals surface area contributed by atoms with Crippen LogP contribution >= 0.6 is 0 Å². The first-order chi connectivity index (χ1) is 20.8. The summed E-state index contributed by atoms with van der Waals surface area (Å²) in [6, 6.07) is 6.33. The largest absolute Gasteiger partial charge is 1.00 e. The van der Waals surface area contributed by atoms with Crippen molar-refractivity contribution in [3.63, 3.8) is 0 Å². The summed E-state index contributed by atoms with van der Waals surface area (Å²) >= 11 is 0. The van der Waals surface area contributed by atoms with Gasteiger partial charge < -0.3 is 41.8 Å². The van der Waals surface area contributed by atoms with Gasteiger partial charge in [0.1, 0.15) is 16.9 Å². The van der Waals surface area contributed by atoms with E-state index in [1.807, 2.05) is 4.90 Å². The van der Waals surface area contributed by atoms with Gasteiger partial charge in [-0.1, -0.05) is 32.6 Å². The fourth-order valence-corrected chi connectivity index (χ4v) is 5.67. The Morgan fingerprint density at radius 1 is 1.07 bits per heavy atom. The van der Waals surface area contributed by atoms with E-state index in [4.69, 9.17) is 0 Å². The van der Waals surface area contributed by atoms with E-state index in [-0.39, 0.29) is 52.3 Å². The number of hydrogen-bond donors (Lipinski definition) is 2. The fourth-order valence-electron chi connectivity index (χ4n) is 5.67. The SMILES string of the molecule is CCCCCCCNC(=O)C[n+]1cccc(C(=O)N2CCN(c3cc4c(cc3F)c(=O)c(C(=O)O)cn4C3CC3)CC2)c1.[Br-]. The van der Waals surface area contributed by atoms with Crippen LogP contribution in [0.1, 0.15) is 78.6 Å². The van der Waals surface area contributed by atoms with Gasteiger partial charge in [-0.15, -0.1) is 0 Å². The molecule has 0 radical (unpaired) electrons. The van der Waals surface area contributed by atoms with Crippen molar-refractivity contribution >= 4 is 34.4 Å². The van der Waals surface area contributed by atoms with Crippen LogP contribution in [-0.4, -0.2) is 65.1 Å². The van der Waals surface area contributed by atoms with E-state index in [1.54, 1.807) is 44.6 Å². The molecule has 1 aliphatic heterocycles. The first-order valence-electron chi connectivity index (χ1n) is 15.2. The second-order valence-corrected chi connectivity index (χ2v) is 11.4. The summed E-state index contributed by atoms with van der Waals surface area (Å²) < 4.78 is 18.8. The molecule has 10 nitrogen and oxygen atoms in total. The second-order valence-electron chi connectivity index (χ2n) is 11.4. The van der Waals surface area contributed by atoms with Gasteiger partial charge in [0.25, 0.3) is 11.8 Å². The Kier molecular flexibility index (Phi) is 11.1. The molecule has 0 bridgehead atoms. The number of halogens is 2. The van der Waals surface area contributed by atoms with Crippen molar-refractivity contribution in [2.45, 2.75) is 64.5 Å². The van der Waals surface area contributed by atoms with Gasteiger partial charge in [-0.2, -0.15) is 4.57 Å². The maximum atomic E-state index is 15.3. The van der Waals surface area contributed by atoms with Crippen molar-refractivity contribution in [3.05, 3.63) is 70.0 Å². The predicted molar refractivity (Wildman–Crippen MR) is 160 cm³/mol. The second kappa shape index (κ2) is 14.8. The van der Waals surface area contributed by atoms with Crippen LogP contribution in [0.2, 0.25) is 0 Å². The zero-order valence-electron chi connectivity index (χ0n) is 24.9. The first-order valence-corrected chi connectivity index (χ1v) is 15.2. The lowest BCUT2D eigenvalue weighted by Crippen LogP contribution is -3.00. The number of benzene rings is 1. The number of aromatic carboxylic acids is 1. The Labute approximate surface area is 266 Å². The van der Waals surface area contributed by atoms with Crippen LogP contribution in [0.4, 0.5) is 10.1 Å². The van der Waals surface area contributed by atoms with Gasteiger partial charge in [0.05, 0.1) is 11.2 Å². The van der Waals surface area contributed by atoms with Crippen LogP contribution in [0.5, 0.6) is 0 Å². The molecule has 1 aromatic carbocycles. The number of anilines is 1. The molecule has 1 saturated carbocycles. The lowest BCUT2D eigenvalue weighted by Gasteiger charge is -2.36. The summed E-state index contributed by atoms with van der Waals surface area (Å²) in [5.74, 6) is -2.18. The smallest absolute Gasteiger partial charge is 0.341 e. The van der Waals surface area contributed by atoms with Crippen molar-refractivity contribution in [1.29, 1.82) is 0 Å². The monoisotopic (exact) mass is 671 g/mol. The maximum Gasteiger partial charge on any atom is 0.341 e. The van der Waals surface area contributed by atoms with Gasteiger partial charge in [0.2, 0.25) is 12.0 Å². The number of aromatic nitrogens is 2. The number of carbonyl (C=O) groups is 3. The van der Waals surface area contributed by atoms with Crippen LogP contribution < -0.4 is 37.2 Å². The minimum absolute atomic E-state index is 0. The number of carboxylic acids is 1. The van der Waals surface area contributed by atoms with Gasteiger partial charge >= 0.3 is 5.97 Å². The lowest BCUT2D eigenvalue weighted by atomic mass is 10.1. The van der Waals surface area contributed by atoms with Gasteiger partial charge in [-0.25, -0.2) is 9.18 Å². The average molecular weight is 673 g/mol. The van der Waals surface area contributed by atoms with Crippen molar-refractivity contribution in [2.75, 3.05) is 37.6 Å². The van der Waals surface area contributed by atoms with E-state index in [1.165, 1.54) is 25.5 Å². The Hall–Kier alpha value is -3.80. The molecule has 5 rings (SSSR count). The van der Waals surface area contributed by atoms with E-state index < -0.39 is 17.2 Å². The van der Waals surface area contributed by atoms with Gasteiger partial charge in [-0.3, -0.25) is 14.4 Å². The Balaban J connectivity index is 0.00000442. The van der Waals surface area contributed by atoms with Crippen molar-refractivity contribution in [2.24, 2.45) is 0 Å². The summed E-state index contributed by atoms with van der Waals surface area (Å²) in [6.07, 6.45) is 12.2. The quantitative estimate of drug-likeness (QED) is 0.214. The van der Waals surface area contributed by atoms with Gasteiger partial charge in [0, 0.05) is 56.4 Å². The third kappa shape index (κ3) is 7.64. The molecule has 0 spiro atoms. The standard InChI is InChI=1S/C32H38FN5O5.BrH/c1-2-3-4-5-6-11-34-29(39)21-35-12-7-8-22(19-35)31(41)37-15-13-36(14-16-37)28-18-27-24(17-26(28)33)30(40)25(32(42)43)20-38(27)23-9-10-23;/h7-8,12,17-20,23H,2-6,9-11,13-16,21H2,1H3,(H-,34,39,42,43);1H. The normalized spacial score (nSPS) is 14.8. The number of carboxylic acid groups (broad SMARTS) is 1. The van der Waals surface area contributed by atoms with E-state index in [2.05, 4.69) is 12.2 Å². The molecule has 2 amide bonds. The molecule has 44 heavy (non-hydrogen) atoms. The Morgan fingerprint density at radius 3 is 2.48 bits per heavy atom. The van der Waals surface area contributed by atoms with E-state index >= 15 is 4.39 Å². The number of hydrogen-bond acceptors (Lipinski definition) is 5. The zero-order valence-corrected chi connectivity index (χ0v) is 26.5. The topological polar surface area (TPSA) is 116 Å². The number of pyridine rings is 2. The van der Waals surface area contributed by atoms with E-state index in [0.29, 0.717) is 49.5 Å². The number of nitrogens with one attached hydrogen (secondary N) is 1. The molecule has 3 aromatic rings.